The Morgan fingerprint density at radius 1 is 1.13 bits per heavy atom. The third-order valence-corrected chi connectivity index (χ3v) is 7.98. The molecule has 202 valence electrons. The van der Waals surface area contributed by atoms with E-state index in [2.05, 4.69) is 15.3 Å². The Balaban J connectivity index is 1.51. The summed E-state index contributed by atoms with van der Waals surface area (Å²) in [5.41, 5.74) is 0.480. The molecule has 2 atom stereocenters. The van der Waals surface area contributed by atoms with Gasteiger partial charge in [-0.05, 0) is 60.5 Å². The average Bonchev–Trinajstić information content (AvgIpc) is 3.29. The van der Waals surface area contributed by atoms with Crippen LogP contribution in [0.15, 0.2) is 59.6 Å². The summed E-state index contributed by atoms with van der Waals surface area (Å²) in [6.45, 7) is 1.08. The summed E-state index contributed by atoms with van der Waals surface area (Å²) >= 11 is 0. The molecule has 1 amide bonds. The number of aromatic nitrogens is 2. The van der Waals surface area contributed by atoms with Crippen LogP contribution in [0, 0.1) is 5.82 Å². The first-order chi connectivity index (χ1) is 17.9. The van der Waals surface area contributed by atoms with Crippen LogP contribution in [0.1, 0.15) is 30.3 Å². The fraction of sp³-hybridized carbons (Fsp3) is 0.320. The fourth-order valence-corrected chi connectivity index (χ4v) is 5.83. The molecule has 3 heterocycles. The minimum atomic E-state index is -4.58. The highest BCUT2D eigenvalue weighted by Gasteiger charge is 2.44. The van der Waals surface area contributed by atoms with Crippen molar-refractivity contribution in [3.05, 3.63) is 77.5 Å². The second-order valence-electron chi connectivity index (χ2n) is 8.69. The highest BCUT2D eigenvalue weighted by molar-refractivity contribution is 7.89. The van der Waals surface area contributed by atoms with Crippen molar-refractivity contribution >= 4 is 15.9 Å². The van der Waals surface area contributed by atoms with E-state index in [0.29, 0.717) is 16.8 Å². The van der Waals surface area contributed by atoms with E-state index in [0.717, 1.165) is 34.6 Å². The van der Waals surface area contributed by atoms with Crippen molar-refractivity contribution in [2.75, 3.05) is 6.54 Å². The predicted octanol–water partition coefficient (Wildman–Crippen LogP) is 4.28. The molecule has 1 aromatic carbocycles. The standard InChI is InChI=1S/C25H23F5N4O3S/c1-2-20-19(7-8-23(33-20)25(28,29)30)21-11-15(9-10-31-21)13-32-24(35)22-12-17(27)14-34(22)38(36,37)18-5-3-16(26)4-6-18/h3-11,17,22H,2,12-14H2,1H3,(H,32,35)/t17-,22+/m1/s1. The van der Waals surface area contributed by atoms with E-state index >= 15 is 0 Å². The van der Waals surface area contributed by atoms with Gasteiger partial charge in [-0.1, -0.05) is 6.92 Å². The van der Waals surface area contributed by atoms with Crippen LogP contribution in [0.2, 0.25) is 0 Å². The van der Waals surface area contributed by atoms with Crippen molar-refractivity contribution in [3.63, 3.8) is 0 Å². The van der Waals surface area contributed by atoms with E-state index < -0.39 is 52.4 Å². The molecule has 1 saturated heterocycles. The number of hydrogen-bond acceptors (Lipinski definition) is 5. The van der Waals surface area contributed by atoms with Gasteiger partial charge in [0.25, 0.3) is 0 Å². The monoisotopic (exact) mass is 554 g/mol. The van der Waals surface area contributed by atoms with E-state index in [4.69, 9.17) is 0 Å². The van der Waals surface area contributed by atoms with Gasteiger partial charge in [0, 0.05) is 31.3 Å². The molecular weight excluding hydrogens is 531 g/mol. The molecule has 4 rings (SSSR count). The van der Waals surface area contributed by atoms with Crippen LogP contribution in [0.25, 0.3) is 11.3 Å². The van der Waals surface area contributed by atoms with E-state index in [1.165, 1.54) is 12.3 Å². The lowest BCUT2D eigenvalue weighted by atomic mass is 10.0. The van der Waals surface area contributed by atoms with Crippen molar-refractivity contribution < 1.29 is 35.2 Å². The summed E-state index contributed by atoms with van der Waals surface area (Å²) in [5, 5.41) is 2.60. The minimum absolute atomic E-state index is 0.0677. The number of nitrogens with zero attached hydrogens (tertiary/aromatic N) is 3. The number of amides is 1. The molecule has 0 radical (unpaired) electrons. The molecule has 13 heteroatoms. The zero-order valence-corrected chi connectivity index (χ0v) is 20.9. The van der Waals surface area contributed by atoms with Gasteiger partial charge in [-0.15, -0.1) is 0 Å². The summed E-state index contributed by atoms with van der Waals surface area (Å²) in [4.78, 5) is 20.6. The molecule has 0 unspecified atom stereocenters. The van der Waals surface area contributed by atoms with E-state index in [-0.39, 0.29) is 30.0 Å². The first kappa shape index (κ1) is 27.6. The van der Waals surface area contributed by atoms with Crippen LogP contribution in [0.4, 0.5) is 22.0 Å². The van der Waals surface area contributed by atoms with Crippen molar-refractivity contribution in [2.24, 2.45) is 0 Å². The first-order valence-corrected chi connectivity index (χ1v) is 13.1. The van der Waals surface area contributed by atoms with E-state index in [1.54, 1.807) is 19.1 Å². The third-order valence-electron chi connectivity index (χ3n) is 6.09. The van der Waals surface area contributed by atoms with Gasteiger partial charge in [-0.2, -0.15) is 17.5 Å². The first-order valence-electron chi connectivity index (χ1n) is 11.6. The van der Waals surface area contributed by atoms with Gasteiger partial charge >= 0.3 is 6.18 Å². The molecule has 1 aliphatic heterocycles. The van der Waals surface area contributed by atoms with Gasteiger partial charge in [-0.25, -0.2) is 22.2 Å². The maximum atomic E-state index is 14.2. The molecule has 1 fully saturated rings. The van der Waals surface area contributed by atoms with E-state index in [9.17, 15) is 35.2 Å². The summed E-state index contributed by atoms with van der Waals surface area (Å²) < 4.78 is 93.4. The zero-order chi connectivity index (χ0) is 27.7. The number of alkyl halides is 4. The van der Waals surface area contributed by atoms with Gasteiger partial charge in [-0.3, -0.25) is 9.78 Å². The molecule has 7 nitrogen and oxygen atoms in total. The van der Waals surface area contributed by atoms with Crippen LogP contribution in [0.5, 0.6) is 0 Å². The largest absolute Gasteiger partial charge is 0.433 e. The lowest BCUT2D eigenvalue weighted by molar-refractivity contribution is -0.141. The highest BCUT2D eigenvalue weighted by Crippen LogP contribution is 2.31. The van der Waals surface area contributed by atoms with Crippen molar-refractivity contribution in [1.82, 2.24) is 19.6 Å². The Morgan fingerprint density at radius 3 is 2.50 bits per heavy atom. The number of benzene rings is 1. The minimum Gasteiger partial charge on any atom is -0.351 e. The summed E-state index contributed by atoms with van der Waals surface area (Å²) in [7, 11) is -4.26. The number of nitrogens with one attached hydrogen (secondary N) is 1. The molecule has 3 aromatic rings. The van der Waals surface area contributed by atoms with Gasteiger partial charge < -0.3 is 5.32 Å². The quantitative estimate of drug-likeness (QED) is 0.441. The maximum Gasteiger partial charge on any atom is 0.433 e. The number of carbonyl (C=O) groups is 1. The Kier molecular flexibility index (Phi) is 7.79. The van der Waals surface area contributed by atoms with Gasteiger partial charge in [0.15, 0.2) is 0 Å². The van der Waals surface area contributed by atoms with E-state index in [1.807, 2.05) is 0 Å². The Morgan fingerprint density at radius 2 is 1.84 bits per heavy atom. The normalized spacial score (nSPS) is 18.5. The summed E-state index contributed by atoms with van der Waals surface area (Å²) in [6, 6.07) is 8.01. The van der Waals surface area contributed by atoms with Crippen molar-refractivity contribution in [1.29, 1.82) is 0 Å². The van der Waals surface area contributed by atoms with Crippen LogP contribution in [0.3, 0.4) is 0 Å². The molecule has 2 aromatic heterocycles. The van der Waals surface area contributed by atoms with Gasteiger partial charge in [0.05, 0.1) is 16.3 Å². The number of pyridine rings is 2. The highest BCUT2D eigenvalue weighted by atomic mass is 32.2. The number of aryl methyl sites for hydroxylation is 1. The van der Waals surface area contributed by atoms with Gasteiger partial charge in [0.1, 0.15) is 23.7 Å². The van der Waals surface area contributed by atoms with Crippen molar-refractivity contribution in [2.45, 2.75) is 49.6 Å². The number of hydrogen-bond donors (Lipinski definition) is 1. The molecule has 38 heavy (non-hydrogen) atoms. The van der Waals surface area contributed by atoms with Crippen molar-refractivity contribution in [3.8, 4) is 11.3 Å². The molecule has 0 aliphatic carbocycles. The summed E-state index contributed by atoms with van der Waals surface area (Å²) in [5.74, 6) is -1.36. The number of sulfonamides is 1. The summed E-state index contributed by atoms with van der Waals surface area (Å²) in [6.07, 6.45) is -4.84. The van der Waals surface area contributed by atoms with Crippen LogP contribution >= 0.6 is 0 Å². The molecule has 0 bridgehead atoms. The molecule has 0 saturated carbocycles. The molecule has 1 N–H and O–H groups in total. The SMILES string of the molecule is CCc1nc(C(F)(F)F)ccc1-c1cc(CNC(=O)[C@@H]2C[C@@H](F)CN2S(=O)(=O)c2ccc(F)cc2)ccn1. The third kappa shape index (κ3) is 5.83. The Labute approximate surface area is 215 Å². The number of halogens is 5. The molecular formula is C25H23F5N4O3S. The Bertz CT molecular complexity index is 1430. The lowest BCUT2D eigenvalue weighted by Gasteiger charge is -2.23. The molecule has 1 aliphatic rings. The zero-order valence-electron chi connectivity index (χ0n) is 20.0. The predicted molar refractivity (Wildman–Crippen MR) is 127 cm³/mol. The maximum absolute atomic E-state index is 14.2. The van der Waals surface area contributed by atoms with Crippen LogP contribution in [-0.2, 0) is 34.0 Å². The second-order valence-corrected chi connectivity index (χ2v) is 10.6. The second kappa shape index (κ2) is 10.7. The fourth-order valence-electron chi connectivity index (χ4n) is 4.20. The average molecular weight is 555 g/mol. The number of carbonyl (C=O) groups excluding carboxylic acids is 1. The van der Waals surface area contributed by atoms with Crippen LogP contribution in [-0.4, -0.2) is 47.4 Å². The smallest absolute Gasteiger partial charge is 0.351 e. The lowest BCUT2D eigenvalue weighted by Crippen LogP contribution is -2.45. The topological polar surface area (TPSA) is 92.3 Å². The van der Waals surface area contributed by atoms with Gasteiger partial charge in [0.2, 0.25) is 15.9 Å². The van der Waals surface area contributed by atoms with Crippen LogP contribution < -0.4 is 5.32 Å². The Hall–Kier alpha value is -3.45. The number of rotatable bonds is 7. The molecule has 0 spiro atoms.